The van der Waals surface area contributed by atoms with E-state index in [1.54, 1.807) is 0 Å². The van der Waals surface area contributed by atoms with E-state index in [-0.39, 0.29) is 40.4 Å². The molecule has 2 saturated heterocycles. The lowest BCUT2D eigenvalue weighted by atomic mass is 9.99. The molecule has 3 heterocycles. The third kappa shape index (κ3) is 6.33. The van der Waals surface area contributed by atoms with Crippen LogP contribution in [-0.4, -0.2) is 120 Å². The Kier molecular flexibility index (Phi) is 9.06. The molecule has 2 fully saturated rings. The highest BCUT2D eigenvalue weighted by Crippen LogP contribution is 2.41. The minimum Gasteiger partial charge on any atom is -0.507 e. The van der Waals surface area contributed by atoms with Crippen molar-refractivity contribution >= 4 is 16.9 Å². The van der Waals surface area contributed by atoms with E-state index in [4.69, 9.17) is 28.1 Å². The molecule has 0 saturated carbocycles. The molecular weight excluding hydrogens is 608 g/mol. The lowest BCUT2D eigenvalue weighted by molar-refractivity contribution is -0.277. The SMILES string of the molecule is CC(=O)O[C@@H]1CO[C@@H](Oc2cc(O)c(O)cc2-c2cc(=O)c3c(O)cc(O[C@@H]4OC(CO)[C@@H](O)[C@H](O)C4O)cc3o2)C(O)[C@H]1O. The zero-order valence-electron chi connectivity index (χ0n) is 23.3. The molecule has 9 atom stereocenters. The molecule has 17 heteroatoms. The number of aliphatic hydroxyl groups excluding tert-OH is 6. The molecule has 9 N–H and O–H groups in total. The summed E-state index contributed by atoms with van der Waals surface area (Å²) >= 11 is 0. The Morgan fingerprint density at radius 1 is 0.844 bits per heavy atom. The van der Waals surface area contributed by atoms with Gasteiger partial charge >= 0.3 is 5.97 Å². The maximum atomic E-state index is 13.1. The lowest BCUT2D eigenvalue weighted by Gasteiger charge is -2.39. The Hall–Kier alpha value is -4.20. The molecule has 5 rings (SSSR count). The van der Waals surface area contributed by atoms with Crippen molar-refractivity contribution in [3.05, 3.63) is 40.6 Å². The molecule has 17 nitrogen and oxygen atoms in total. The molecule has 0 radical (unpaired) electrons. The van der Waals surface area contributed by atoms with Gasteiger partial charge in [-0.05, 0) is 6.07 Å². The topological polar surface area (TPSA) is 275 Å². The predicted molar refractivity (Wildman–Crippen MR) is 145 cm³/mol. The van der Waals surface area contributed by atoms with Gasteiger partial charge in [-0.3, -0.25) is 9.59 Å². The largest absolute Gasteiger partial charge is 0.507 e. The van der Waals surface area contributed by atoms with Crippen molar-refractivity contribution in [1.82, 2.24) is 0 Å². The van der Waals surface area contributed by atoms with Crippen LogP contribution in [0, 0.1) is 0 Å². The highest BCUT2D eigenvalue weighted by atomic mass is 16.7. The molecule has 2 aliphatic rings. The molecule has 3 unspecified atom stereocenters. The minimum absolute atomic E-state index is 0.156. The van der Waals surface area contributed by atoms with Gasteiger partial charge in [-0.25, -0.2) is 0 Å². The van der Waals surface area contributed by atoms with Crippen LogP contribution in [0.2, 0.25) is 0 Å². The van der Waals surface area contributed by atoms with E-state index >= 15 is 0 Å². The predicted octanol–water partition coefficient (Wildman–Crippen LogP) is -1.86. The Morgan fingerprint density at radius 2 is 1.53 bits per heavy atom. The maximum Gasteiger partial charge on any atom is 0.303 e. The Labute approximate surface area is 252 Å². The van der Waals surface area contributed by atoms with E-state index in [2.05, 4.69) is 0 Å². The number of fused-ring (bicyclic) bond motifs is 1. The summed E-state index contributed by atoms with van der Waals surface area (Å²) in [5.74, 6) is -3.49. The number of benzene rings is 2. The molecule has 2 aromatic carbocycles. The number of phenols is 3. The summed E-state index contributed by atoms with van der Waals surface area (Å²) in [4.78, 5) is 24.4. The molecule has 0 amide bonds. The Morgan fingerprint density at radius 3 is 2.22 bits per heavy atom. The van der Waals surface area contributed by atoms with Crippen LogP contribution in [0.5, 0.6) is 28.7 Å². The average Bonchev–Trinajstić information content (AvgIpc) is 2.98. The first-order valence-corrected chi connectivity index (χ1v) is 13.4. The number of esters is 1. The van der Waals surface area contributed by atoms with Gasteiger partial charge in [0.2, 0.25) is 12.6 Å². The molecule has 1 aromatic heterocycles. The van der Waals surface area contributed by atoms with E-state index in [0.717, 1.165) is 37.3 Å². The van der Waals surface area contributed by atoms with Gasteiger partial charge in [-0.2, -0.15) is 0 Å². The van der Waals surface area contributed by atoms with Gasteiger partial charge in [-0.15, -0.1) is 0 Å². The normalized spacial score (nSPS) is 30.2. The van der Waals surface area contributed by atoms with Crippen molar-refractivity contribution in [3.63, 3.8) is 0 Å². The van der Waals surface area contributed by atoms with Gasteiger partial charge in [0.25, 0.3) is 0 Å². The number of hydrogen-bond donors (Lipinski definition) is 9. The van der Waals surface area contributed by atoms with Gasteiger partial charge in [0.05, 0.1) is 18.8 Å². The van der Waals surface area contributed by atoms with Crippen LogP contribution in [0.25, 0.3) is 22.3 Å². The Balaban J connectivity index is 1.49. The standard InChI is InChI=1S/C28H30O17/c1-9(30)41-20-8-40-27(25(38)23(20)36)44-17-5-13(32)12(31)4-11(17)16-6-15(34)21-14(33)2-10(3-18(21)43-16)42-28-26(39)24(37)22(35)19(7-29)45-28/h2-6,19-20,22-29,31-33,35-39H,7-8H2,1H3/t19?,20-,22-,23+,24+,25?,26?,27+,28-/m1/s1. The van der Waals surface area contributed by atoms with Gasteiger partial charge in [0.1, 0.15) is 70.6 Å². The monoisotopic (exact) mass is 638 g/mol. The van der Waals surface area contributed by atoms with Crippen molar-refractivity contribution in [3.8, 4) is 40.1 Å². The fourth-order valence-corrected chi connectivity index (χ4v) is 4.90. The van der Waals surface area contributed by atoms with Crippen LogP contribution in [0.3, 0.4) is 0 Å². The van der Waals surface area contributed by atoms with Crippen molar-refractivity contribution in [2.75, 3.05) is 13.2 Å². The number of ether oxygens (including phenoxy) is 5. The molecule has 0 aliphatic carbocycles. The van der Waals surface area contributed by atoms with Crippen LogP contribution in [0.4, 0.5) is 0 Å². The van der Waals surface area contributed by atoms with Crippen LogP contribution in [-0.2, 0) is 19.0 Å². The number of hydrogen-bond acceptors (Lipinski definition) is 17. The van der Waals surface area contributed by atoms with Crippen LogP contribution < -0.4 is 14.9 Å². The molecule has 244 valence electrons. The van der Waals surface area contributed by atoms with Crippen molar-refractivity contribution in [2.45, 2.75) is 62.2 Å². The van der Waals surface area contributed by atoms with E-state index < -0.39 is 90.6 Å². The first kappa shape index (κ1) is 32.2. The molecule has 2 aliphatic heterocycles. The number of carbonyl (C=O) groups is 1. The molecule has 0 spiro atoms. The van der Waals surface area contributed by atoms with E-state index in [1.807, 2.05) is 0 Å². The first-order valence-electron chi connectivity index (χ1n) is 13.4. The van der Waals surface area contributed by atoms with Crippen LogP contribution >= 0.6 is 0 Å². The van der Waals surface area contributed by atoms with E-state index in [9.17, 15) is 55.5 Å². The summed E-state index contributed by atoms with van der Waals surface area (Å²) in [5, 5.41) is 91.3. The second-order valence-electron chi connectivity index (χ2n) is 10.4. The molecule has 3 aromatic rings. The summed E-state index contributed by atoms with van der Waals surface area (Å²) in [5.41, 5.74) is -1.23. The highest BCUT2D eigenvalue weighted by molar-refractivity contribution is 5.86. The van der Waals surface area contributed by atoms with Crippen molar-refractivity contribution < 1.29 is 78.9 Å². The minimum atomic E-state index is -1.78. The summed E-state index contributed by atoms with van der Waals surface area (Å²) in [6.45, 7) is 0.0166. The number of aliphatic hydroxyl groups is 6. The van der Waals surface area contributed by atoms with Gasteiger partial charge in [-0.1, -0.05) is 0 Å². The third-order valence-electron chi connectivity index (χ3n) is 7.22. The zero-order valence-corrected chi connectivity index (χ0v) is 23.3. The van der Waals surface area contributed by atoms with Gasteiger partial charge in [0.15, 0.2) is 23.0 Å². The van der Waals surface area contributed by atoms with Crippen LogP contribution in [0.15, 0.2) is 39.5 Å². The summed E-state index contributed by atoms with van der Waals surface area (Å²) in [7, 11) is 0. The van der Waals surface area contributed by atoms with E-state index in [1.165, 1.54) is 0 Å². The second kappa shape index (κ2) is 12.7. The quantitative estimate of drug-likeness (QED) is 0.101. The van der Waals surface area contributed by atoms with Crippen molar-refractivity contribution in [1.29, 1.82) is 0 Å². The fraction of sp³-hybridized carbons (Fsp3) is 0.429. The number of rotatable bonds is 7. The van der Waals surface area contributed by atoms with E-state index in [0.29, 0.717) is 0 Å². The maximum absolute atomic E-state index is 13.1. The highest BCUT2D eigenvalue weighted by Gasteiger charge is 2.45. The molecule has 0 bridgehead atoms. The third-order valence-corrected chi connectivity index (χ3v) is 7.22. The van der Waals surface area contributed by atoms with Gasteiger partial charge in [0, 0.05) is 31.2 Å². The first-order chi connectivity index (χ1) is 21.3. The lowest BCUT2D eigenvalue weighted by Crippen LogP contribution is -2.60. The fourth-order valence-electron chi connectivity index (χ4n) is 4.90. The summed E-state index contributed by atoms with van der Waals surface area (Å²) < 4.78 is 32.6. The average molecular weight is 639 g/mol. The second-order valence-corrected chi connectivity index (χ2v) is 10.4. The zero-order chi connectivity index (χ0) is 32.7. The van der Waals surface area contributed by atoms with Crippen LogP contribution in [0.1, 0.15) is 6.92 Å². The smallest absolute Gasteiger partial charge is 0.303 e. The summed E-state index contributed by atoms with van der Waals surface area (Å²) in [6.07, 6.45) is -14.2. The molecule has 45 heavy (non-hydrogen) atoms. The number of phenolic OH excluding ortho intramolecular Hbond substituents is 3. The van der Waals surface area contributed by atoms with Gasteiger partial charge < -0.3 is 74.1 Å². The molecular formula is C28H30O17. The summed E-state index contributed by atoms with van der Waals surface area (Å²) in [6, 6.07) is 4.95. The van der Waals surface area contributed by atoms with Crippen molar-refractivity contribution in [2.24, 2.45) is 0 Å². The Bertz CT molecular complexity index is 1620. The number of aromatic hydroxyl groups is 3. The number of carbonyl (C=O) groups excluding carboxylic acids is 1.